The van der Waals surface area contributed by atoms with Crippen LogP contribution in [0.5, 0.6) is 0 Å². The van der Waals surface area contributed by atoms with E-state index < -0.39 is 38.8 Å². The van der Waals surface area contributed by atoms with E-state index in [0.29, 0.717) is 11.3 Å². The lowest BCUT2D eigenvalue weighted by molar-refractivity contribution is 0.0981. The first-order valence-electron chi connectivity index (χ1n) is 11.7. The zero-order valence-electron chi connectivity index (χ0n) is 20.7. The van der Waals surface area contributed by atoms with Crippen molar-refractivity contribution in [3.05, 3.63) is 121 Å². The van der Waals surface area contributed by atoms with Gasteiger partial charge in [-0.2, -0.15) is 0 Å². The average Bonchev–Trinajstić information content (AvgIpc) is 3.34. The van der Waals surface area contributed by atoms with Gasteiger partial charge < -0.3 is 10.3 Å². The van der Waals surface area contributed by atoms with E-state index >= 15 is 0 Å². The smallest absolute Gasteiger partial charge is 0.333 e. The Hall–Kier alpha value is -4.62. The second-order valence-corrected chi connectivity index (χ2v) is 12.0. The van der Waals surface area contributed by atoms with E-state index in [9.17, 15) is 31.6 Å². The van der Waals surface area contributed by atoms with Gasteiger partial charge in [0.25, 0.3) is 21.5 Å². The molecule has 2 aromatic heterocycles. The molecule has 0 aliphatic carbocycles. The number of sulfonamides is 1. The SMILES string of the molecule is Cc1ccc(S(=O)(=O)NC(=O)c2ccc(-n3c(=O)[nH]c4cc(NCc5cc(F)cc(F)c5)ccc4c3=O)cc2)s1. The van der Waals surface area contributed by atoms with Crippen LogP contribution in [0.2, 0.25) is 0 Å². The molecule has 0 aliphatic rings. The minimum absolute atomic E-state index is 0.00503. The van der Waals surface area contributed by atoms with Gasteiger partial charge in [0, 0.05) is 28.7 Å². The molecular weight excluding hydrogens is 562 g/mol. The third-order valence-electron chi connectivity index (χ3n) is 5.91. The van der Waals surface area contributed by atoms with Crippen molar-refractivity contribution in [1.29, 1.82) is 0 Å². The van der Waals surface area contributed by atoms with E-state index in [1.165, 1.54) is 54.6 Å². The lowest BCUT2D eigenvalue weighted by Gasteiger charge is -2.10. The molecule has 40 heavy (non-hydrogen) atoms. The molecule has 13 heteroatoms. The third-order valence-corrected chi connectivity index (χ3v) is 8.74. The maximum Gasteiger partial charge on any atom is 0.333 e. The number of nitrogens with zero attached hydrogens (tertiary/aromatic N) is 1. The van der Waals surface area contributed by atoms with E-state index in [4.69, 9.17) is 0 Å². The van der Waals surface area contributed by atoms with Gasteiger partial charge in [-0.1, -0.05) is 0 Å². The number of anilines is 1. The van der Waals surface area contributed by atoms with Gasteiger partial charge in [-0.15, -0.1) is 11.3 Å². The molecule has 9 nitrogen and oxygen atoms in total. The van der Waals surface area contributed by atoms with Gasteiger partial charge in [-0.05, 0) is 79.2 Å². The summed E-state index contributed by atoms with van der Waals surface area (Å²) in [4.78, 5) is 41.9. The van der Waals surface area contributed by atoms with Crippen LogP contribution in [0.25, 0.3) is 16.6 Å². The van der Waals surface area contributed by atoms with Crippen molar-refractivity contribution in [2.75, 3.05) is 5.32 Å². The molecule has 3 N–H and O–H groups in total. The van der Waals surface area contributed by atoms with E-state index in [0.717, 1.165) is 26.8 Å². The number of H-pyrrole nitrogens is 1. The average molecular weight is 583 g/mol. The quantitative estimate of drug-likeness (QED) is 0.265. The molecule has 5 aromatic rings. The number of rotatable bonds is 7. The fraction of sp³-hybridized carbons (Fsp3) is 0.0741. The second kappa shape index (κ2) is 10.5. The Balaban J connectivity index is 1.37. The number of aryl methyl sites for hydroxylation is 1. The van der Waals surface area contributed by atoms with Gasteiger partial charge in [0.05, 0.1) is 16.6 Å². The first kappa shape index (κ1) is 27.0. The monoisotopic (exact) mass is 582 g/mol. The Labute approximate surface area is 229 Å². The number of carbonyl (C=O) groups excluding carboxylic acids is 1. The molecule has 0 aliphatic heterocycles. The molecule has 204 valence electrons. The van der Waals surface area contributed by atoms with Crippen LogP contribution in [-0.2, 0) is 16.6 Å². The van der Waals surface area contributed by atoms with Gasteiger partial charge in [-0.3, -0.25) is 9.59 Å². The number of benzene rings is 3. The molecule has 0 spiro atoms. The van der Waals surface area contributed by atoms with Crippen LogP contribution < -0.4 is 21.3 Å². The second-order valence-electron chi connectivity index (χ2n) is 8.81. The summed E-state index contributed by atoms with van der Waals surface area (Å²) in [5.74, 6) is -2.27. The van der Waals surface area contributed by atoms with Gasteiger partial charge in [-0.25, -0.2) is 31.3 Å². The number of aromatic amines is 1. The minimum atomic E-state index is -4.04. The first-order chi connectivity index (χ1) is 19.0. The maximum absolute atomic E-state index is 13.4. The molecule has 0 saturated heterocycles. The highest BCUT2D eigenvalue weighted by atomic mass is 32.2. The Morgan fingerprint density at radius 3 is 2.30 bits per heavy atom. The Morgan fingerprint density at radius 2 is 1.65 bits per heavy atom. The number of fused-ring (bicyclic) bond motifs is 1. The summed E-state index contributed by atoms with van der Waals surface area (Å²) in [6.45, 7) is 1.85. The van der Waals surface area contributed by atoms with E-state index in [2.05, 4.69) is 10.3 Å². The zero-order chi connectivity index (χ0) is 28.6. The number of hydrogen-bond donors (Lipinski definition) is 3. The fourth-order valence-electron chi connectivity index (χ4n) is 4.03. The number of thiophene rings is 1. The standard InChI is InChI=1S/C27H20F2N4O5S2/c1-15-2-9-24(39-15)40(37,38)32-25(34)17-3-6-21(7-4-17)33-26(35)22-8-5-20(13-23(22)31-27(33)36)30-14-16-10-18(28)12-19(29)11-16/h2-13,30H,14H2,1H3,(H,31,36)(H,32,34). The Kier molecular flexibility index (Phi) is 7.08. The highest BCUT2D eigenvalue weighted by molar-refractivity contribution is 7.92. The number of carbonyl (C=O) groups is 1. The molecular formula is C27H20F2N4O5S2. The van der Waals surface area contributed by atoms with Crippen LogP contribution >= 0.6 is 11.3 Å². The highest BCUT2D eigenvalue weighted by Crippen LogP contribution is 2.21. The lowest BCUT2D eigenvalue weighted by atomic mass is 10.1. The van der Waals surface area contributed by atoms with Crippen LogP contribution in [0.4, 0.5) is 14.5 Å². The molecule has 2 heterocycles. The van der Waals surface area contributed by atoms with Crippen molar-refractivity contribution in [3.63, 3.8) is 0 Å². The van der Waals surface area contributed by atoms with E-state index in [1.54, 1.807) is 19.1 Å². The van der Waals surface area contributed by atoms with E-state index in [-0.39, 0.29) is 32.9 Å². The number of hydrogen-bond acceptors (Lipinski definition) is 7. The van der Waals surface area contributed by atoms with Crippen LogP contribution in [0, 0.1) is 18.6 Å². The molecule has 3 aromatic carbocycles. The molecule has 0 radical (unpaired) electrons. The Morgan fingerprint density at radius 1 is 0.950 bits per heavy atom. The lowest BCUT2D eigenvalue weighted by Crippen LogP contribution is -2.33. The van der Waals surface area contributed by atoms with Crippen LogP contribution in [0.15, 0.2) is 86.6 Å². The van der Waals surface area contributed by atoms with Gasteiger partial charge in [0.15, 0.2) is 0 Å². The first-order valence-corrected chi connectivity index (χ1v) is 14.0. The summed E-state index contributed by atoms with van der Waals surface area (Å²) in [6, 6.07) is 16.1. The van der Waals surface area contributed by atoms with Crippen molar-refractivity contribution in [2.24, 2.45) is 0 Å². The molecule has 0 fully saturated rings. The number of aromatic nitrogens is 2. The fourth-order valence-corrected chi connectivity index (χ4v) is 6.29. The topological polar surface area (TPSA) is 130 Å². The predicted molar refractivity (Wildman–Crippen MR) is 148 cm³/mol. The predicted octanol–water partition coefficient (Wildman–Crippen LogP) is 4.06. The zero-order valence-corrected chi connectivity index (χ0v) is 22.3. The Bertz CT molecular complexity index is 1980. The molecule has 5 rings (SSSR count). The largest absolute Gasteiger partial charge is 0.381 e. The molecule has 0 unspecified atom stereocenters. The molecule has 0 atom stereocenters. The number of nitrogens with one attached hydrogen (secondary N) is 3. The summed E-state index contributed by atoms with van der Waals surface area (Å²) < 4.78 is 54.7. The minimum Gasteiger partial charge on any atom is -0.381 e. The van der Waals surface area contributed by atoms with Crippen LogP contribution in [0.1, 0.15) is 20.8 Å². The van der Waals surface area contributed by atoms with E-state index in [1.807, 2.05) is 4.72 Å². The summed E-state index contributed by atoms with van der Waals surface area (Å²) in [6.07, 6.45) is 0. The molecule has 1 amide bonds. The van der Waals surface area contributed by atoms with Crippen molar-refractivity contribution >= 4 is 43.9 Å². The van der Waals surface area contributed by atoms with Crippen LogP contribution in [-0.4, -0.2) is 23.9 Å². The normalized spacial score (nSPS) is 11.5. The van der Waals surface area contributed by atoms with Crippen molar-refractivity contribution in [2.45, 2.75) is 17.7 Å². The van der Waals surface area contributed by atoms with Crippen molar-refractivity contribution < 1.29 is 22.0 Å². The summed E-state index contributed by atoms with van der Waals surface area (Å²) >= 11 is 1.03. The number of halogens is 2. The summed E-state index contributed by atoms with van der Waals surface area (Å²) in [7, 11) is -4.04. The van der Waals surface area contributed by atoms with Gasteiger partial charge in [0.2, 0.25) is 0 Å². The maximum atomic E-state index is 13.4. The molecule has 0 saturated carbocycles. The van der Waals surface area contributed by atoms with Crippen LogP contribution in [0.3, 0.4) is 0 Å². The molecule has 0 bridgehead atoms. The summed E-state index contributed by atoms with van der Waals surface area (Å²) in [5, 5.41) is 3.19. The summed E-state index contributed by atoms with van der Waals surface area (Å²) in [5.41, 5.74) is -0.0610. The third kappa shape index (κ3) is 5.55. The van der Waals surface area contributed by atoms with Gasteiger partial charge in [0.1, 0.15) is 15.8 Å². The highest BCUT2D eigenvalue weighted by Gasteiger charge is 2.20. The van der Waals surface area contributed by atoms with Gasteiger partial charge >= 0.3 is 5.69 Å². The van der Waals surface area contributed by atoms with Crippen molar-refractivity contribution in [1.82, 2.24) is 14.3 Å². The number of amides is 1. The van der Waals surface area contributed by atoms with Crippen molar-refractivity contribution in [3.8, 4) is 5.69 Å².